The molecule has 32 heavy (non-hydrogen) atoms. The highest BCUT2D eigenvalue weighted by Crippen LogP contribution is 2.40. The lowest BCUT2D eigenvalue weighted by atomic mass is 9.99. The highest BCUT2D eigenvalue weighted by atomic mass is 32.2. The summed E-state index contributed by atoms with van der Waals surface area (Å²) >= 11 is 0. The molecule has 3 aromatic rings. The van der Waals surface area contributed by atoms with Gasteiger partial charge in [0.25, 0.3) is 0 Å². The summed E-state index contributed by atoms with van der Waals surface area (Å²) < 4.78 is 40.1. The third-order valence-electron chi connectivity index (χ3n) is 6.64. The Labute approximate surface area is 186 Å². The number of H-pyrrole nitrogens is 1. The largest absolute Gasteiger partial charge is 0.486 e. The number of nitrogens with one attached hydrogen (secondary N) is 2. The van der Waals surface area contributed by atoms with Gasteiger partial charge in [0.15, 0.2) is 11.5 Å². The van der Waals surface area contributed by atoms with E-state index < -0.39 is 10.0 Å². The summed E-state index contributed by atoms with van der Waals surface area (Å²) in [5, 5.41) is 8.07. The van der Waals surface area contributed by atoms with E-state index >= 15 is 0 Å². The van der Waals surface area contributed by atoms with Gasteiger partial charge in [-0.15, -0.1) is 0 Å². The molecule has 0 spiro atoms. The van der Waals surface area contributed by atoms with Crippen molar-refractivity contribution >= 4 is 20.9 Å². The van der Waals surface area contributed by atoms with Crippen molar-refractivity contribution in [3.63, 3.8) is 0 Å². The molecule has 1 aliphatic carbocycles. The molecule has 1 aromatic heterocycles. The van der Waals surface area contributed by atoms with E-state index in [0.717, 1.165) is 53.8 Å². The minimum atomic E-state index is -3.30. The zero-order valence-corrected chi connectivity index (χ0v) is 18.5. The van der Waals surface area contributed by atoms with Crippen molar-refractivity contribution in [3.05, 3.63) is 53.7 Å². The second-order valence-electron chi connectivity index (χ2n) is 8.82. The number of hydrogen-bond acceptors (Lipinski definition) is 6. The fraction of sp³-hybridized carbons (Fsp3) is 0.435. The van der Waals surface area contributed by atoms with Crippen LogP contribution < -0.4 is 14.2 Å². The predicted molar refractivity (Wildman–Crippen MR) is 120 cm³/mol. The molecule has 2 atom stereocenters. The zero-order chi connectivity index (χ0) is 21.7. The van der Waals surface area contributed by atoms with Crippen LogP contribution >= 0.6 is 0 Å². The Hall–Kier alpha value is -2.62. The van der Waals surface area contributed by atoms with Crippen LogP contribution in [0, 0.1) is 0 Å². The van der Waals surface area contributed by atoms with Crippen molar-refractivity contribution in [1.29, 1.82) is 0 Å². The smallest absolute Gasteiger partial charge is 0.214 e. The minimum absolute atomic E-state index is 0.0958. The molecule has 0 unspecified atom stereocenters. The fourth-order valence-corrected chi connectivity index (χ4v) is 6.53. The molecule has 0 radical (unpaired) electrons. The first-order valence-electron chi connectivity index (χ1n) is 11.1. The lowest BCUT2D eigenvalue weighted by Gasteiger charge is -2.30. The lowest BCUT2D eigenvalue weighted by molar-refractivity contribution is 0.170. The van der Waals surface area contributed by atoms with E-state index in [1.807, 2.05) is 36.5 Å². The molecular formula is C23H26N4O4S. The first kappa shape index (κ1) is 20.0. The number of aromatic amines is 1. The maximum Gasteiger partial charge on any atom is 0.214 e. The van der Waals surface area contributed by atoms with Crippen LogP contribution in [0.3, 0.4) is 0 Å². The second-order valence-corrected chi connectivity index (χ2v) is 10.8. The number of fused-ring (bicyclic) bond motifs is 2. The molecule has 2 aromatic carbocycles. The van der Waals surface area contributed by atoms with Gasteiger partial charge in [-0.2, -0.15) is 5.10 Å². The van der Waals surface area contributed by atoms with E-state index in [0.29, 0.717) is 19.8 Å². The van der Waals surface area contributed by atoms with Crippen molar-refractivity contribution in [3.8, 4) is 11.5 Å². The summed E-state index contributed by atoms with van der Waals surface area (Å²) in [6.07, 6.45) is 4.12. The number of hydrogen-bond donors (Lipinski definition) is 2. The van der Waals surface area contributed by atoms with Gasteiger partial charge in [0.2, 0.25) is 10.0 Å². The first-order chi connectivity index (χ1) is 15.6. The number of benzene rings is 2. The Balaban J connectivity index is 1.35. The van der Waals surface area contributed by atoms with Crippen LogP contribution in [0.25, 0.3) is 10.9 Å². The summed E-state index contributed by atoms with van der Waals surface area (Å²) in [6.45, 7) is 2.56. The summed E-state index contributed by atoms with van der Waals surface area (Å²) in [5.74, 6) is 1.46. The molecule has 1 saturated heterocycles. The van der Waals surface area contributed by atoms with Crippen molar-refractivity contribution < 1.29 is 17.9 Å². The van der Waals surface area contributed by atoms with E-state index in [9.17, 15) is 8.42 Å². The van der Waals surface area contributed by atoms with Gasteiger partial charge in [0.05, 0.1) is 23.0 Å². The quantitative estimate of drug-likeness (QED) is 0.595. The predicted octanol–water partition coefficient (Wildman–Crippen LogP) is 2.73. The normalized spacial score (nSPS) is 23.6. The molecule has 3 heterocycles. The molecule has 168 valence electrons. The van der Waals surface area contributed by atoms with Gasteiger partial charge in [-0.3, -0.25) is 10.00 Å². The average molecular weight is 455 g/mol. The lowest BCUT2D eigenvalue weighted by Crippen LogP contribution is -2.41. The van der Waals surface area contributed by atoms with E-state index in [2.05, 4.69) is 25.9 Å². The van der Waals surface area contributed by atoms with Gasteiger partial charge in [0, 0.05) is 24.5 Å². The summed E-state index contributed by atoms with van der Waals surface area (Å²) in [6, 6.07) is 11.8. The number of rotatable bonds is 6. The molecule has 0 amide bonds. The van der Waals surface area contributed by atoms with Crippen molar-refractivity contribution in [2.45, 2.75) is 43.1 Å². The Bertz CT molecular complexity index is 1250. The maximum absolute atomic E-state index is 12.8. The molecular weight excluding hydrogens is 428 g/mol. The maximum atomic E-state index is 12.8. The van der Waals surface area contributed by atoms with Crippen molar-refractivity contribution in [2.24, 2.45) is 0 Å². The standard InChI is InChI=1S/C23H26N4O4S/c28-32(29,17-5-6-17)26-20-8-9-27(14-16-2-1-3-19-18(16)13-24-25-19)23(20)15-4-7-21-22(12-15)31-11-10-30-21/h1-4,7,12-13,17,20,23,26H,5-6,8-11,14H2,(H,24,25)/t20-,23+/m1/s1. The number of likely N-dealkylation sites (tertiary alicyclic amines) is 1. The first-order valence-corrected chi connectivity index (χ1v) is 12.7. The second kappa shape index (κ2) is 7.75. The summed E-state index contributed by atoms with van der Waals surface area (Å²) in [4.78, 5) is 2.35. The van der Waals surface area contributed by atoms with Crippen LogP contribution in [0.1, 0.15) is 36.4 Å². The number of aromatic nitrogens is 2. The number of ether oxygens (including phenoxy) is 2. The number of nitrogens with zero attached hydrogens (tertiary/aromatic N) is 2. The Morgan fingerprint density at radius 3 is 2.78 bits per heavy atom. The highest BCUT2D eigenvalue weighted by molar-refractivity contribution is 7.90. The van der Waals surface area contributed by atoms with E-state index in [1.54, 1.807) is 0 Å². The van der Waals surface area contributed by atoms with Crippen LogP contribution in [-0.2, 0) is 16.6 Å². The number of sulfonamides is 1. The van der Waals surface area contributed by atoms with E-state index in [1.165, 1.54) is 5.56 Å². The minimum Gasteiger partial charge on any atom is -0.486 e. The van der Waals surface area contributed by atoms with Gasteiger partial charge in [0.1, 0.15) is 13.2 Å². The van der Waals surface area contributed by atoms with E-state index in [4.69, 9.17) is 9.47 Å². The van der Waals surface area contributed by atoms with Crippen LogP contribution in [0.4, 0.5) is 0 Å². The third-order valence-corrected chi connectivity index (χ3v) is 8.62. The van der Waals surface area contributed by atoms with Crippen LogP contribution in [0.15, 0.2) is 42.6 Å². The molecule has 9 heteroatoms. The average Bonchev–Trinajstić information content (AvgIpc) is 3.44. The molecule has 2 aliphatic heterocycles. The molecule has 8 nitrogen and oxygen atoms in total. The molecule has 0 bridgehead atoms. The molecule has 2 fully saturated rings. The van der Waals surface area contributed by atoms with Gasteiger partial charge in [-0.05, 0) is 48.6 Å². The molecule has 3 aliphatic rings. The van der Waals surface area contributed by atoms with Gasteiger partial charge in [-0.25, -0.2) is 13.1 Å². The third kappa shape index (κ3) is 3.64. The topological polar surface area (TPSA) is 96.6 Å². The van der Waals surface area contributed by atoms with Crippen molar-refractivity contribution in [1.82, 2.24) is 19.8 Å². The van der Waals surface area contributed by atoms with Crippen LogP contribution in [-0.4, -0.2) is 54.6 Å². The van der Waals surface area contributed by atoms with Crippen LogP contribution in [0.2, 0.25) is 0 Å². The Morgan fingerprint density at radius 2 is 1.94 bits per heavy atom. The monoisotopic (exact) mass is 454 g/mol. The summed E-state index contributed by atoms with van der Waals surface area (Å²) in [7, 11) is -3.30. The molecule has 1 saturated carbocycles. The highest BCUT2D eigenvalue weighted by Gasteiger charge is 2.42. The van der Waals surface area contributed by atoms with Crippen LogP contribution in [0.5, 0.6) is 11.5 Å². The van der Waals surface area contributed by atoms with Gasteiger partial charge >= 0.3 is 0 Å². The molecule has 6 rings (SSSR count). The zero-order valence-electron chi connectivity index (χ0n) is 17.7. The van der Waals surface area contributed by atoms with Gasteiger partial charge in [-0.1, -0.05) is 18.2 Å². The Kier molecular flexibility index (Phi) is 4.85. The summed E-state index contributed by atoms with van der Waals surface area (Å²) in [5.41, 5.74) is 3.21. The SMILES string of the molecule is O=S(=O)(N[C@@H]1CCN(Cc2cccc3[nH]ncc23)[C@H]1c1ccc2c(c1)OCCO2)C1CC1. The van der Waals surface area contributed by atoms with Crippen molar-refractivity contribution in [2.75, 3.05) is 19.8 Å². The van der Waals surface area contributed by atoms with E-state index in [-0.39, 0.29) is 17.3 Å². The fourth-order valence-electron chi connectivity index (χ4n) is 4.92. The van der Waals surface area contributed by atoms with Gasteiger partial charge < -0.3 is 9.47 Å². The molecule has 2 N–H and O–H groups in total. The Morgan fingerprint density at radius 1 is 1.09 bits per heavy atom.